The molecule has 114 valence electrons. The maximum Gasteiger partial charge on any atom is 0.225 e. The highest BCUT2D eigenvalue weighted by Gasteiger charge is 2.05. The predicted molar refractivity (Wildman–Crippen MR) is 85.9 cm³/mol. The second-order valence-corrected chi connectivity index (χ2v) is 4.69. The number of rotatable bonds is 8. The molecule has 0 unspecified atom stereocenters. The van der Waals surface area contributed by atoms with Gasteiger partial charge in [0.2, 0.25) is 5.91 Å². The van der Waals surface area contributed by atoms with Crippen LogP contribution in [0.25, 0.3) is 0 Å². The Morgan fingerprint density at radius 2 is 2.10 bits per heavy atom. The maximum atomic E-state index is 11.8. The number of halogens is 1. The van der Waals surface area contributed by atoms with E-state index in [1.807, 2.05) is 24.3 Å². The number of amides is 1. The van der Waals surface area contributed by atoms with E-state index in [1.165, 1.54) is 12.8 Å². The van der Waals surface area contributed by atoms with Crippen LogP contribution >= 0.6 is 12.4 Å². The van der Waals surface area contributed by atoms with Crippen LogP contribution in [0.5, 0.6) is 5.75 Å². The van der Waals surface area contributed by atoms with Crippen LogP contribution in [0.4, 0.5) is 5.69 Å². The third-order valence-electron chi connectivity index (χ3n) is 2.97. The Labute approximate surface area is 127 Å². The molecule has 0 aliphatic heterocycles. The van der Waals surface area contributed by atoms with E-state index < -0.39 is 0 Å². The summed E-state index contributed by atoms with van der Waals surface area (Å²) in [7, 11) is 3.66. The Hall–Kier alpha value is -1.26. The Kier molecular flexibility index (Phi) is 9.86. The van der Waals surface area contributed by atoms with Crippen LogP contribution in [-0.4, -0.2) is 38.1 Å². The Morgan fingerprint density at radius 3 is 2.75 bits per heavy atom. The SMILES string of the molecule is CCCCN(C)CCC(=O)Nc1cccc(OC)c1.Cl. The molecule has 5 heteroatoms. The number of benzene rings is 1. The van der Waals surface area contributed by atoms with Crippen LogP contribution in [-0.2, 0) is 4.79 Å². The highest BCUT2D eigenvalue weighted by molar-refractivity contribution is 5.91. The molecule has 1 rings (SSSR count). The van der Waals surface area contributed by atoms with Gasteiger partial charge in [0.05, 0.1) is 7.11 Å². The van der Waals surface area contributed by atoms with Crippen molar-refractivity contribution >= 4 is 24.0 Å². The Bertz CT molecular complexity index is 399. The molecule has 4 nitrogen and oxygen atoms in total. The smallest absolute Gasteiger partial charge is 0.225 e. The molecule has 1 aromatic carbocycles. The molecule has 0 aliphatic rings. The van der Waals surface area contributed by atoms with E-state index in [1.54, 1.807) is 7.11 Å². The van der Waals surface area contributed by atoms with Gasteiger partial charge in [-0.15, -0.1) is 12.4 Å². The molecule has 1 N–H and O–H groups in total. The largest absolute Gasteiger partial charge is 0.497 e. The monoisotopic (exact) mass is 300 g/mol. The third kappa shape index (κ3) is 7.36. The maximum absolute atomic E-state index is 11.8. The van der Waals surface area contributed by atoms with Crippen LogP contribution in [0.15, 0.2) is 24.3 Å². The topological polar surface area (TPSA) is 41.6 Å². The van der Waals surface area contributed by atoms with Gasteiger partial charge in [-0.1, -0.05) is 19.4 Å². The standard InChI is InChI=1S/C15H24N2O2.ClH/c1-4-5-10-17(2)11-9-15(18)16-13-7-6-8-14(12-13)19-3;/h6-8,12H,4-5,9-11H2,1-3H3,(H,16,18);1H. The minimum absolute atomic E-state index is 0. The lowest BCUT2D eigenvalue weighted by Gasteiger charge is -2.15. The average Bonchev–Trinajstić information content (AvgIpc) is 2.43. The van der Waals surface area contributed by atoms with Crippen molar-refractivity contribution < 1.29 is 9.53 Å². The fraction of sp³-hybridized carbons (Fsp3) is 0.533. The summed E-state index contributed by atoms with van der Waals surface area (Å²) in [6, 6.07) is 7.40. The predicted octanol–water partition coefficient (Wildman–Crippen LogP) is 3.18. The summed E-state index contributed by atoms with van der Waals surface area (Å²) in [5.74, 6) is 0.787. The molecule has 1 amide bonds. The number of hydrogen-bond acceptors (Lipinski definition) is 3. The first-order chi connectivity index (χ1) is 9.15. The van der Waals surface area contributed by atoms with Crippen molar-refractivity contribution in [2.45, 2.75) is 26.2 Å². The fourth-order valence-electron chi connectivity index (χ4n) is 1.76. The molecule has 0 aliphatic carbocycles. The van der Waals surface area contributed by atoms with Crippen molar-refractivity contribution in [3.63, 3.8) is 0 Å². The van der Waals surface area contributed by atoms with Crippen LogP contribution in [0.1, 0.15) is 26.2 Å². The summed E-state index contributed by atoms with van der Waals surface area (Å²) in [6.45, 7) is 4.00. The van der Waals surface area contributed by atoms with Crippen molar-refractivity contribution in [3.8, 4) is 5.75 Å². The molecular weight excluding hydrogens is 276 g/mol. The molecule has 0 spiro atoms. The second kappa shape index (κ2) is 10.5. The second-order valence-electron chi connectivity index (χ2n) is 4.69. The van der Waals surface area contributed by atoms with Gasteiger partial charge in [0.1, 0.15) is 5.75 Å². The first-order valence-corrected chi connectivity index (χ1v) is 6.78. The first kappa shape index (κ1) is 18.7. The Balaban J connectivity index is 0.00000361. The van der Waals surface area contributed by atoms with Crippen LogP contribution in [0, 0.1) is 0 Å². The minimum atomic E-state index is 0. The molecular formula is C15H25ClN2O2. The van der Waals surface area contributed by atoms with Crippen molar-refractivity contribution in [1.82, 2.24) is 4.90 Å². The molecule has 0 atom stereocenters. The molecule has 0 fully saturated rings. The number of methoxy groups -OCH3 is 1. The highest BCUT2D eigenvalue weighted by atomic mass is 35.5. The number of unbranched alkanes of at least 4 members (excludes halogenated alkanes) is 1. The zero-order valence-corrected chi connectivity index (χ0v) is 13.3. The van der Waals surface area contributed by atoms with Gasteiger partial charge in [-0.25, -0.2) is 0 Å². The van der Waals surface area contributed by atoms with Gasteiger partial charge in [0, 0.05) is 24.7 Å². The van der Waals surface area contributed by atoms with Crippen molar-refractivity contribution in [2.75, 3.05) is 32.6 Å². The average molecular weight is 301 g/mol. The summed E-state index contributed by atoms with van der Waals surface area (Å²) in [5, 5.41) is 2.88. The van der Waals surface area contributed by atoms with E-state index in [-0.39, 0.29) is 18.3 Å². The quantitative estimate of drug-likeness (QED) is 0.802. The summed E-state index contributed by atoms with van der Waals surface area (Å²) in [5.41, 5.74) is 0.778. The van der Waals surface area contributed by atoms with E-state index in [4.69, 9.17) is 4.74 Å². The van der Waals surface area contributed by atoms with E-state index in [2.05, 4.69) is 24.2 Å². The highest BCUT2D eigenvalue weighted by Crippen LogP contribution is 2.16. The molecule has 0 saturated carbocycles. The van der Waals surface area contributed by atoms with E-state index >= 15 is 0 Å². The minimum Gasteiger partial charge on any atom is -0.497 e. The van der Waals surface area contributed by atoms with E-state index in [9.17, 15) is 4.79 Å². The molecule has 0 radical (unpaired) electrons. The molecule has 0 heterocycles. The van der Waals surface area contributed by atoms with Gasteiger partial charge in [0.25, 0.3) is 0 Å². The number of anilines is 1. The molecule has 1 aromatic rings. The summed E-state index contributed by atoms with van der Waals surface area (Å²) < 4.78 is 5.12. The molecule has 0 bridgehead atoms. The zero-order valence-electron chi connectivity index (χ0n) is 12.5. The third-order valence-corrected chi connectivity index (χ3v) is 2.97. The number of nitrogens with one attached hydrogen (secondary N) is 1. The van der Waals surface area contributed by atoms with Crippen LogP contribution in [0.3, 0.4) is 0 Å². The lowest BCUT2D eigenvalue weighted by molar-refractivity contribution is -0.116. The summed E-state index contributed by atoms with van der Waals surface area (Å²) in [6.07, 6.45) is 2.87. The van der Waals surface area contributed by atoms with Crippen LogP contribution in [0.2, 0.25) is 0 Å². The number of hydrogen-bond donors (Lipinski definition) is 1. The van der Waals surface area contributed by atoms with E-state index in [0.717, 1.165) is 24.5 Å². The number of nitrogens with zero attached hydrogens (tertiary/aromatic N) is 1. The Morgan fingerprint density at radius 1 is 1.35 bits per heavy atom. The zero-order chi connectivity index (χ0) is 14.1. The van der Waals surface area contributed by atoms with Crippen molar-refractivity contribution in [3.05, 3.63) is 24.3 Å². The van der Waals surface area contributed by atoms with Gasteiger partial charge in [-0.2, -0.15) is 0 Å². The number of carbonyl (C=O) groups excluding carboxylic acids is 1. The van der Waals surface area contributed by atoms with Gasteiger partial charge in [-0.3, -0.25) is 4.79 Å². The summed E-state index contributed by atoms with van der Waals surface area (Å²) >= 11 is 0. The first-order valence-electron chi connectivity index (χ1n) is 6.78. The summed E-state index contributed by atoms with van der Waals surface area (Å²) in [4.78, 5) is 14.0. The van der Waals surface area contributed by atoms with Gasteiger partial charge >= 0.3 is 0 Å². The fourth-order valence-corrected chi connectivity index (χ4v) is 1.76. The molecule has 0 saturated heterocycles. The molecule has 0 aromatic heterocycles. The van der Waals surface area contributed by atoms with Gasteiger partial charge in [-0.05, 0) is 32.1 Å². The molecule has 20 heavy (non-hydrogen) atoms. The van der Waals surface area contributed by atoms with Crippen molar-refractivity contribution in [2.24, 2.45) is 0 Å². The number of carbonyl (C=O) groups is 1. The lowest BCUT2D eigenvalue weighted by Crippen LogP contribution is -2.25. The van der Waals surface area contributed by atoms with Gasteiger partial charge < -0.3 is 15.0 Å². The number of ether oxygens (including phenoxy) is 1. The lowest BCUT2D eigenvalue weighted by atomic mass is 10.2. The van der Waals surface area contributed by atoms with Crippen molar-refractivity contribution in [1.29, 1.82) is 0 Å². The van der Waals surface area contributed by atoms with E-state index in [0.29, 0.717) is 6.42 Å². The normalized spacial score (nSPS) is 10.0. The van der Waals surface area contributed by atoms with Crippen LogP contribution < -0.4 is 10.1 Å². The van der Waals surface area contributed by atoms with Gasteiger partial charge in [0.15, 0.2) is 0 Å².